The highest BCUT2D eigenvalue weighted by molar-refractivity contribution is 6.16. The van der Waals surface area contributed by atoms with Gasteiger partial charge in [-0.2, -0.15) is 0 Å². The second-order valence-electron chi connectivity index (χ2n) is 14.5. The molecule has 1 heteroatoms. The molecule has 0 radical (unpaired) electrons. The Hall–Kier alpha value is -6.18. The van der Waals surface area contributed by atoms with E-state index >= 15 is 0 Å². The highest BCUT2D eigenvalue weighted by atomic mass is 15.0. The highest BCUT2D eigenvalue weighted by Gasteiger charge is 2.36. The number of rotatable bonds is 3. The van der Waals surface area contributed by atoms with E-state index in [-0.39, 0.29) is 5.41 Å². The molecular weight excluding hydrogens is 603 g/mol. The van der Waals surface area contributed by atoms with Crippen LogP contribution < -0.4 is 0 Å². The summed E-state index contributed by atoms with van der Waals surface area (Å²) < 4.78 is 2.40. The van der Waals surface area contributed by atoms with Crippen LogP contribution in [0, 0.1) is 0 Å². The molecule has 2 aliphatic carbocycles. The van der Waals surface area contributed by atoms with Crippen molar-refractivity contribution in [3.63, 3.8) is 0 Å². The maximum atomic E-state index is 2.44. The second kappa shape index (κ2) is 9.94. The van der Waals surface area contributed by atoms with Crippen LogP contribution in [0.25, 0.3) is 93.9 Å². The van der Waals surface area contributed by atoms with Gasteiger partial charge in [0, 0.05) is 21.9 Å². The van der Waals surface area contributed by atoms with Crippen LogP contribution >= 0.6 is 0 Å². The second-order valence-corrected chi connectivity index (χ2v) is 14.5. The van der Waals surface area contributed by atoms with E-state index in [0.29, 0.717) is 0 Å². The maximum Gasteiger partial charge on any atom is 0.0547 e. The Morgan fingerprint density at radius 2 is 0.940 bits per heavy atom. The molecule has 0 unspecified atom stereocenters. The molecule has 1 heterocycles. The molecule has 0 amide bonds. The summed E-state index contributed by atoms with van der Waals surface area (Å²) in [4.78, 5) is 0. The van der Waals surface area contributed by atoms with Gasteiger partial charge in [-0.05, 0) is 120 Å². The van der Waals surface area contributed by atoms with Crippen molar-refractivity contribution in [2.24, 2.45) is 0 Å². The molecular formula is C49H33N. The zero-order valence-corrected chi connectivity index (χ0v) is 28.0. The van der Waals surface area contributed by atoms with E-state index in [1.54, 1.807) is 0 Å². The number of nitrogens with zero attached hydrogens (tertiary/aromatic N) is 1. The highest BCUT2D eigenvalue weighted by Crippen LogP contribution is 2.52. The minimum absolute atomic E-state index is 0.0688. The van der Waals surface area contributed by atoms with Crippen LogP contribution in [0.15, 0.2) is 164 Å². The fourth-order valence-electron chi connectivity index (χ4n) is 9.11. The van der Waals surface area contributed by atoms with Gasteiger partial charge >= 0.3 is 0 Å². The Bertz CT molecular complexity index is 2880. The molecule has 0 spiro atoms. The van der Waals surface area contributed by atoms with E-state index in [2.05, 4.69) is 182 Å². The summed E-state index contributed by atoms with van der Waals surface area (Å²) in [5.74, 6) is 0. The van der Waals surface area contributed by atoms with Crippen molar-refractivity contribution < 1.29 is 0 Å². The molecule has 234 valence electrons. The lowest BCUT2D eigenvalue weighted by Gasteiger charge is -2.21. The van der Waals surface area contributed by atoms with Gasteiger partial charge in [0.05, 0.1) is 11.0 Å². The average Bonchev–Trinajstić information content (AvgIpc) is 3.75. The number of aromatic nitrogens is 1. The molecule has 0 saturated carbocycles. The van der Waals surface area contributed by atoms with Crippen molar-refractivity contribution in [1.29, 1.82) is 0 Å². The summed E-state index contributed by atoms with van der Waals surface area (Å²) in [5, 5.41) is 5.24. The maximum absolute atomic E-state index is 2.44. The van der Waals surface area contributed by atoms with Crippen LogP contribution in [0.5, 0.6) is 0 Å². The molecule has 2 aliphatic rings. The smallest absolute Gasteiger partial charge is 0.0547 e. The Kier molecular flexibility index (Phi) is 5.51. The monoisotopic (exact) mass is 635 g/mol. The standard InChI is InChI=1S/C49H33N/c1-49(2)44-24-20-32(31-18-22-36-39-15-8-10-30-11-9-16-40(48(30)39)41(36)26-31)27-42(44)43-28-33(21-25-45(43)49)34-19-23-38-37-14-6-7-17-46(37)50(47(38)29-34)35-12-4-3-5-13-35/h3-29H,1-2H3. The van der Waals surface area contributed by atoms with E-state index in [9.17, 15) is 0 Å². The summed E-state index contributed by atoms with van der Waals surface area (Å²) in [7, 11) is 0. The summed E-state index contributed by atoms with van der Waals surface area (Å²) >= 11 is 0. The Morgan fingerprint density at radius 1 is 0.380 bits per heavy atom. The third-order valence-electron chi connectivity index (χ3n) is 11.5. The van der Waals surface area contributed by atoms with Crippen LogP contribution in [0.2, 0.25) is 0 Å². The topological polar surface area (TPSA) is 4.93 Å². The minimum atomic E-state index is -0.0688. The van der Waals surface area contributed by atoms with Gasteiger partial charge in [0.2, 0.25) is 0 Å². The lowest BCUT2D eigenvalue weighted by atomic mass is 9.82. The Morgan fingerprint density at radius 3 is 1.66 bits per heavy atom. The van der Waals surface area contributed by atoms with Crippen LogP contribution in [0.3, 0.4) is 0 Å². The molecule has 9 aromatic rings. The first-order valence-electron chi connectivity index (χ1n) is 17.6. The summed E-state index contributed by atoms with van der Waals surface area (Å²) in [6, 6.07) is 61.1. The first-order valence-corrected chi connectivity index (χ1v) is 17.6. The normalized spacial score (nSPS) is 13.6. The Labute approximate surface area is 291 Å². The summed E-state index contributed by atoms with van der Waals surface area (Å²) in [6.07, 6.45) is 0. The minimum Gasteiger partial charge on any atom is -0.309 e. The third kappa shape index (κ3) is 3.72. The zero-order chi connectivity index (χ0) is 33.1. The number of fused-ring (bicyclic) bond motifs is 9. The van der Waals surface area contributed by atoms with Crippen LogP contribution in [0.4, 0.5) is 0 Å². The van der Waals surface area contributed by atoms with Crippen molar-refractivity contribution in [2.45, 2.75) is 19.3 Å². The number of benzene rings is 8. The lowest BCUT2D eigenvalue weighted by molar-refractivity contribution is 0.660. The summed E-state index contributed by atoms with van der Waals surface area (Å²) in [6.45, 7) is 4.74. The molecule has 0 saturated heterocycles. The molecule has 0 aliphatic heterocycles. The van der Waals surface area contributed by atoms with E-state index in [1.165, 1.54) is 105 Å². The molecule has 0 N–H and O–H groups in total. The largest absolute Gasteiger partial charge is 0.309 e. The quantitative estimate of drug-likeness (QED) is 0.182. The van der Waals surface area contributed by atoms with E-state index in [0.717, 1.165) is 0 Å². The number of para-hydroxylation sites is 2. The molecule has 1 nitrogen and oxygen atoms in total. The summed E-state index contributed by atoms with van der Waals surface area (Å²) in [5.41, 5.74) is 19.4. The SMILES string of the molecule is CC1(C)c2ccc(-c3ccc4c(c3)-c3cccc5cccc-4c35)cc2-c2cc(-c3ccc4c5ccccc5n(-c5ccccc5)c4c3)ccc21. The van der Waals surface area contributed by atoms with Gasteiger partial charge in [-0.15, -0.1) is 0 Å². The van der Waals surface area contributed by atoms with Gasteiger partial charge in [0.15, 0.2) is 0 Å². The number of hydrogen-bond donors (Lipinski definition) is 0. The van der Waals surface area contributed by atoms with Gasteiger partial charge in [0.25, 0.3) is 0 Å². The molecule has 0 atom stereocenters. The fourth-order valence-corrected chi connectivity index (χ4v) is 9.11. The van der Waals surface area contributed by atoms with Crippen molar-refractivity contribution >= 4 is 32.6 Å². The van der Waals surface area contributed by atoms with Crippen molar-refractivity contribution in [1.82, 2.24) is 4.57 Å². The average molecular weight is 636 g/mol. The van der Waals surface area contributed by atoms with Gasteiger partial charge in [-0.1, -0.05) is 135 Å². The van der Waals surface area contributed by atoms with Crippen LogP contribution in [-0.2, 0) is 5.41 Å². The molecule has 0 bridgehead atoms. The molecule has 8 aromatic carbocycles. The number of hydrogen-bond acceptors (Lipinski definition) is 0. The van der Waals surface area contributed by atoms with Crippen LogP contribution in [0.1, 0.15) is 25.0 Å². The molecule has 11 rings (SSSR count). The third-order valence-corrected chi connectivity index (χ3v) is 11.5. The predicted octanol–water partition coefficient (Wildman–Crippen LogP) is 13.2. The van der Waals surface area contributed by atoms with Gasteiger partial charge in [-0.3, -0.25) is 0 Å². The first-order chi connectivity index (χ1) is 24.5. The first kappa shape index (κ1) is 27.7. The predicted molar refractivity (Wildman–Crippen MR) is 211 cm³/mol. The van der Waals surface area contributed by atoms with Crippen molar-refractivity contribution in [3.8, 4) is 61.3 Å². The molecule has 1 aromatic heterocycles. The Balaban J connectivity index is 1.05. The van der Waals surface area contributed by atoms with Gasteiger partial charge in [0.1, 0.15) is 0 Å². The fraction of sp³-hybridized carbons (Fsp3) is 0.0612. The van der Waals surface area contributed by atoms with Gasteiger partial charge < -0.3 is 4.57 Å². The molecule has 50 heavy (non-hydrogen) atoms. The van der Waals surface area contributed by atoms with E-state index in [1.807, 2.05) is 0 Å². The van der Waals surface area contributed by atoms with Gasteiger partial charge in [-0.25, -0.2) is 0 Å². The van der Waals surface area contributed by atoms with Crippen molar-refractivity contribution in [2.75, 3.05) is 0 Å². The lowest BCUT2D eigenvalue weighted by Crippen LogP contribution is -2.14. The molecule has 0 fully saturated rings. The van der Waals surface area contributed by atoms with Crippen molar-refractivity contribution in [3.05, 3.63) is 175 Å². The van der Waals surface area contributed by atoms with E-state index in [4.69, 9.17) is 0 Å². The van der Waals surface area contributed by atoms with E-state index < -0.39 is 0 Å². The van der Waals surface area contributed by atoms with Crippen LogP contribution in [-0.4, -0.2) is 4.57 Å². The zero-order valence-electron chi connectivity index (χ0n) is 28.0.